The van der Waals surface area contributed by atoms with Crippen LogP contribution in [0.5, 0.6) is 11.5 Å². The molecule has 2 unspecified atom stereocenters. The lowest BCUT2D eigenvalue weighted by Crippen LogP contribution is -2.50. The first-order valence-corrected chi connectivity index (χ1v) is 9.39. The molecule has 1 aliphatic heterocycles. The van der Waals surface area contributed by atoms with Gasteiger partial charge in [0.25, 0.3) is 5.91 Å². The standard InChI is InChI=1S/C20H27NO7/c1-4-26-20(24)17-7-5-6-12-21(17)18(22)13-27-19(23)14(2)28-16-10-8-15(25-3)9-11-16/h8-11,14,17H,4-7,12-13H2,1-3H3. The number of carbonyl (C=O) groups excluding carboxylic acids is 3. The lowest BCUT2D eigenvalue weighted by atomic mass is 10.0. The van der Waals surface area contributed by atoms with Crippen LogP contribution in [0.4, 0.5) is 0 Å². The molecular formula is C20H27NO7. The van der Waals surface area contributed by atoms with Crippen LogP contribution in [0.25, 0.3) is 0 Å². The van der Waals surface area contributed by atoms with Crippen LogP contribution in [0.2, 0.25) is 0 Å². The van der Waals surface area contributed by atoms with E-state index in [0.29, 0.717) is 24.5 Å². The summed E-state index contributed by atoms with van der Waals surface area (Å²) in [6.07, 6.45) is 1.31. The number of esters is 2. The molecule has 0 spiro atoms. The Morgan fingerprint density at radius 1 is 1.11 bits per heavy atom. The fourth-order valence-electron chi connectivity index (χ4n) is 2.95. The molecule has 154 valence electrons. The van der Waals surface area contributed by atoms with Crippen LogP contribution >= 0.6 is 0 Å². The molecule has 1 heterocycles. The minimum absolute atomic E-state index is 0.257. The third kappa shape index (κ3) is 5.87. The SMILES string of the molecule is CCOC(=O)C1CCCCN1C(=O)COC(=O)C(C)Oc1ccc(OC)cc1. The van der Waals surface area contributed by atoms with Crippen LogP contribution in [0.1, 0.15) is 33.1 Å². The van der Waals surface area contributed by atoms with Crippen molar-refractivity contribution in [2.75, 3.05) is 26.9 Å². The molecule has 1 amide bonds. The van der Waals surface area contributed by atoms with Crippen LogP contribution in [0.15, 0.2) is 24.3 Å². The number of carbonyl (C=O) groups is 3. The number of nitrogens with zero attached hydrogens (tertiary/aromatic N) is 1. The number of piperidine rings is 1. The summed E-state index contributed by atoms with van der Waals surface area (Å²) in [5.74, 6) is -0.337. The first-order chi connectivity index (χ1) is 13.5. The Labute approximate surface area is 164 Å². The van der Waals surface area contributed by atoms with E-state index >= 15 is 0 Å². The van der Waals surface area contributed by atoms with E-state index in [-0.39, 0.29) is 6.61 Å². The number of hydrogen-bond donors (Lipinski definition) is 0. The molecule has 2 atom stereocenters. The van der Waals surface area contributed by atoms with E-state index in [4.69, 9.17) is 18.9 Å². The van der Waals surface area contributed by atoms with Crippen molar-refractivity contribution in [3.63, 3.8) is 0 Å². The van der Waals surface area contributed by atoms with Crippen molar-refractivity contribution in [2.24, 2.45) is 0 Å². The number of benzene rings is 1. The highest BCUT2D eigenvalue weighted by molar-refractivity contribution is 5.87. The van der Waals surface area contributed by atoms with Gasteiger partial charge in [-0.05, 0) is 57.4 Å². The monoisotopic (exact) mass is 393 g/mol. The molecular weight excluding hydrogens is 366 g/mol. The van der Waals surface area contributed by atoms with Gasteiger partial charge in [-0.3, -0.25) is 4.79 Å². The third-order valence-electron chi connectivity index (χ3n) is 4.42. The number of rotatable bonds is 8. The van der Waals surface area contributed by atoms with E-state index < -0.39 is 36.6 Å². The molecule has 0 saturated carbocycles. The van der Waals surface area contributed by atoms with Crippen LogP contribution in [-0.2, 0) is 23.9 Å². The minimum atomic E-state index is -0.886. The van der Waals surface area contributed by atoms with Gasteiger partial charge in [0.15, 0.2) is 12.7 Å². The molecule has 0 aromatic heterocycles. The number of hydrogen-bond acceptors (Lipinski definition) is 7. The number of amides is 1. The van der Waals surface area contributed by atoms with Crippen molar-refractivity contribution in [1.29, 1.82) is 0 Å². The Balaban J connectivity index is 1.85. The molecule has 8 heteroatoms. The van der Waals surface area contributed by atoms with Crippen molar-refractivity contribution in [2.45, 2.75) is 45.3 Å². The molecule has 0 radical (unpaired) electrons. The fourth-order valence-corrected chi connectivity index (χ4v) is 2.95. The van der Waals surface area contributed by atoms with Gasteiger partial charge < -0.3 is 23.8 Å². The average Bonchev–Trinajstić information content (AvgIpc) is 2.72. The van der Waals surface area contributed by atoms with Crippen LogP contribution in [-0.4, -0.2) is 61.8 Å². The van der Waals surface area contributed by atoms with E-state index in [9.17, 15) is 14.4 Å². The van der Waals surface area contributed by atoms with Crippen molar-refractivity contribution < 1.29 is 33.3 Å². The van der Waals surface area contributed by atoms with Crippen LogP contribution in [0.3, 0.4) is 0 Å². The topological polar surface area (TPSA) is 91.4 Å². The Morgan fingerprint density at radius 3 is 2.43 bits per heavy atom. The largest absolute Gasteiger partial charge is 0.497 e. The van der Waals surface area contributed by atoms with Crippen molar-refractivity contribution in [3.8, 4) is 11.5 Å². The highest BCUT2D eigenvalue weighted by atomic mass is 16.6. The van der Waals surface area contributed by atoms with Crippen LogP contribution < -0.4 is 9.47 Å². The number of likely N-dealkylation sites (tertiary alicyclic amines) is 1. The summed E-state index contributed by atoms with van der Waals surface area (Å²) in [6, 6.07) is 6.15. The summed E-state index contributed by atoms with van der Waals surface area (Å²) in [5, 5.41) is 0. The van der Waals surface area contributed by atoms with Gasteiger partial charge in [0, 0.05) is 6.54 Å². The highest BCUT2D eigenvalue weighted by Crippen LogP contribution is 2.20. The maximum Gasteiger partial charge on any atom is 0.347 e. The molecule has 1 aliphatic rings. The normalized spacial score (nSPS) is 17.4. The molecule has 0 aliphatic carbocycles. The summed E-state index contributed by atoms with van der Waals surface area (Å²) >= 11 is 0. The lowest BCUT2D eigenvalue weighted by molar-refractivity contribution is -0.163. The lowest BCUT2D eigenvalue weighted by Gasteiger charge is -2.33. The summed E-state index contributed by atoms with van der Waals surface area (Å²) in [7, 11) is 1.56. The molecule has 8 nitrogen and oxygen atoms in total. The van der Waals surface area contributed by atoms with Crippen molar-refractivity contribution in [3.05, 3.63) is 24.3 Å². The zero-order chi connectivity index (χ0) is 20.5. The van der Waals surface area contributed by atoms with Crippen LogP contribution in [0, 0.1) is 0 Å². The van der Waals surface area contributed by atoms with Crippen molar-refractivity contribution in [1.82, 2.24) is 4.90 Å². The highest BCUT2D eigenvalue weighted by Gasteiger charge is 2.33. The predicted octanol–water partition coefficient (Wildman–Crippen LogP) is 1.95. The number of ether oxygens (including phenoxy) is 4. The van der Waals surface area contributed by atoms with Gasteiger partial charge >= 0.3 is 11.9 Å². The summed E-state index contributed by atoms with van der Waals surface area (Å²) in [4.78, 5) is 38.1. The maximum absolute atomic E-state index is 12.5. The molecule has 0 bridgehead atoms. The molecule has 2 rings (SSSR count). The first kappa shape index (κ1) is 21.5. The Morgan fingerprint density at radius 2 is 1.79 bits per heavy atom. The summed E-state index contributed by atoms with van der Waals surface area (Å²) in [6.45, 7) is 3.52. The smallest absolute Gasteiger partial charge is 0.347 e. The second-order valence-electron chi connectivity index (χ2n) is 6.39. The van der Waals surface area contributed by atoms with E-state index in [1.807, 2.05) is 0 Å². The van der Waals surface area contributed by atoms with Crippen molar-refractivity contribution >= 4 is 17.8 Å². The van der Waals surface area contributed by atoms with E-state index in [1.165, 1.54) is 4.90 Å². The minimum Gasteiger partial charge on any atom is -0.497 e. The first-order valence-electron chi connectivity index (χ1n) is 9.39. The zero-order valence-electron chi connectivity index (χ0n) is 16.5. The zero-order valence-corrected chi connectivity index (χ0v) is 16.5. The van der Waals surface area contributed by atoms with Gasteiger partial charge in [-0.25, -0.2) is 9.59 Å². The molecule has 0 N–H and O–H groups in total. The molecule has 1 aromatic rings. The second kappa shape index (κ2) is 10.5. The fraction of sp³-hybridized carbons (Fsp3) is 0.550. The average molecular weight is 393 g/mol. The van der Waals surface area contributed by atoms with Gasteiger partial charge in [0.05, 0.1) is 13.7 Å². The second-order valence-corrected chi connectivity index (χ2v) is 6.39. The molecule has 1 aromatic carbocycles. The van der Waals surface area contributed by atoms with Gasteiger partial charge in [0.1, 0.15) is 17.5 Å². The number of methoxy groups -OCH3 is 1. The van der Waals surface area contributed by atoms with Gasteiger partial charge in [0.2, 0.25) is 0 Å². The molecule has 28 heavy (non-hydrogen) atoms. The quantitative estimate of drug-likeness (QED) is 0.624. The Hall–Kier alpha value is -2.77. The third-order valence-corrected chi connectivity index (χ3v) is 4.42. The summed E-state index contributed by atoms with van der Waals surface area (Å²) < 4.78 is 20.7. The Bertz CT molecular complexity index is 674. The maximum atomic E-state index is 12.5. The van der Waals surface area contributed by atoms with E-state index in [0.717, 1.165) is 12.8 Å². The Kier molecular flexibility index (Phi) is 8.10. The van der Waals surface area contributed by atoms with E-state index in [2.05, 4.69) is 0 Å². The van der Waals surface area contributed by atoms with E-state index in [1.54, 1.807) is 45.2 Å². The van der Waals surface area contributed by atoms with Gasteiger partial charge in [-0.1, -0.05) is 0 Å². The molecule has 1 fully saturated rings. The molecule has 1 saturated heterocycles. The summed E-state index contributed by atoms with van der Waals surface area (Å²) in [5.41, 5.74) is 0. The van der Waals surface area contributed by atoms with Gasteiger partial charge in [-0.2, -0.15) is 0 Å². The predicted molar refractivity (Wildman–Crippen MR) is 100 cm³/mol. The van der Waals surface area contributed by atoms with Gasteiger partial charge in [-0.15, -0.1) is 0 Å².